The lowest BCUT2D eigenvalue weighted by Crippen LogP contribution is -2.55. The molecule has 0 N–H and O–H groups in total. The monoisotopic (exact) mass is 327 g/mol. The summed E-state index contributed by atoms with van der Waals surface area (Å²) in [5.74, 6) is -0.187. The molecule has 2 atom stereocenters. The summed E-state index contributed by atoms with van der Waals surface area (Å²) in [7, 11) is 2.04. The molecule has 2 saturated heterocycles. The van der Waals surface area contributed by atoms with Crippen LogP contribution in [0, 0.1) is 12.8 Å². The van der Waals surface area contributed by atoms with Crippen molar-refractivity contribution in [3.63, 3.8) is 0 Å². The van der Waals surface area contributed by atoms with Crippen molar-refractivity contribution in [2.24, 2.45) is 5.92 Å². The molecular weight excluding hydrogens is 307 g/mol. The number of halogens is 3. The molecule has 126 valence electrons. The zero-order valence-electron chi connectivity index (χ0n) is 13.2. The maximum atomic E-state index is 12.8. The molecule has 6 heteroatoms. The van der Waals surface area contributed by atoms with Crippen LogP contribution >= 0.6 is 0 Å². The normalized spacial score (nSPS) is 28.7. The van der Waals surface area contributed by atoms with Crippen molar-refractivity contribution in [2.75, 3.05) is 20.3 Å². The van der Waals surface area contributed by atoms with Gasteiger partial charge in [0, 0.05) is 23.6 Å². The van der Waals surface area contributed by atoms with Gasteiger partial charge in [0.25, 0.3) is 0 Å². The summed E-state index contributed by atoms with van der Waals surface area (Å²) in [5, 5.41) is 0. The number of nitrogens with zero attached hydrogens (tertiary/aromatic N) is 1. The van der Waals surface area contributed by atoms with Gasteiger partial charge >= 0.3 is 6.18 Å². The minimum Gasteiger partial charge on any atom is -0.378 e. The first kappa shape index (κ1) is 16.5. The van der Waals surface area contributed by atoms with Crippen LogP contribution < -0.4 is 0 Å². The van der Waals surface area contributed by atoms with Gasteiger partial charge in [-0.2, -0.15) is 13.2 Å². The number of ether oxygens (including phenoxy) is 1. The molecule has 2 unspecified atom stereocenters. The van der Waals surface area contributed by atoms with E-state index < -0.39 is 11.7 Å². The van der Waals surface area contributed by atoms with Crippen LogP contribution in [-0.2, 0) is 10.9 Å². The van der Waals surface area contributed by atoms with E-state index in [9.17, 15) is 18.0 Å². The van der Waals surface area contributed by atoms with Crippen LogP contribution in [0.4, 0.5) is 13.2 Å². The van der Waals surface area contributed by atoms with Crippen LogP contribution in [0.2, 0.25) is 0 Å². The highest BCUT2D eigenvalue weighted by Gasteiger charge is 2.40. The summed E-state index contributed by atoms with van der Waals surface area (Å²) in [4.78, 5) is 15.0. The average molecular weight is 327 g/mol. The van der Waals surface area contributed by atoms with Gasteiger partial charge in [-0.25, -0.2) is 0 Å². The number of morpholine rings is 1. The summed E-state index contributed by atoms with van der Waals surface area (Å²) >= 11 is 0. The minimum atomic E-state index is -4.38. The Morgan fingerprint density at radius 2 is 1.83 bits per heavy atom. The Morgan fingerprint density at radius 3 is 2.35 bits per heavy atom. The summed E-state index contributed by atoms with van der Waals surface area (Å²) in [6.45, 7) is 2.63. The maximum Gasteiger partial charge on any atom is 0.416 e. The predicted octanol–water partition coefficient (Wildman–Crippen LogP) is 3.31. The molecule has 0 aliphatic carbocycles. The molecule has 3 nitrogen and oxygen atoms in total. The lowest BCUT2D eigenvalue weighted by molar-refractivity contribution is -0.138. The van der Waals surface area contributed by atoms with Gasteiger partial charge in [-0.05, 0) is 44.5 Å². The Balaban J connectivity index is 1.80. The Kier molecular flexibility index (Phi) is 4.23. The van der Waals surface area contributed by atoms with Crippen molar-refractivity contribution in [3.8, 4) is 0 Å². The summed E-state index contributed by atoms with van der Waals surface area (Å²) < 4.78 is 44.0. The zero-order chi connectivity index (χ0) is 16.8. The highest BCUT2D eigenvalue weighted by atomic mass is 19.4. The number of carbonyl (C=O) groups excluding carboxylic acids is 1. The molecule has 1 aromatic rings. The van der Waals surface area contributed by atoms with Crippen LogP contribution in [0.5, 0.6) is 0 Å². The molecule has 3 rings (SSSR count). The number of alkyl halides is 3. The molecule has 0 amide bonds. The first-order valence-corrected chi connectivity index (χ1v) is 7.79. The molecule has 2 aliphatic heterocycles. The second kappa shape index (κ2) is 5.91. The minimum absolute atomic E-state index is 0.0492. The molecule has 0 aromatic heterocycles. The highest BCUT2D eigenvalue weighted by molar-refractivity contribution is 5.98. The van der Waals surface area contributed by atoms with Gasteiger partial charge in [-0.15, -0.1) is 0 Å². The predicted molar refractivity (Wildman–Crippen MR) is 79.4 cm³/mol. The van der Waals surface area contributed by atoms with Crippen molar-refractivity contribution in [1.29, 1.82) is 0 Å². The van der Waals surface area contributed by atoms with E-state index in [2.05, 4.69) is 4.90 Å². The third-order valence-electron chi connectivity index (χ3n) is 5.07. The van der Waals surface area contributed by atoms with Gasteiger partial charge in [0.2, 0.25) is 0 Å². The van der Waals surface area contributed by atoms with E-state index in [1.54, 1.807) is 0 Å². The van der Waals surface area contributed by atoms with Crippen LogP contribution in [0.15, 0.2) is 18.2 Å². The number of likely N-dealkylation sites (N-methyl/N-ethyl adjacent to an activating group) is 1. The smallest absolute Gasteiger partial charge is 0.378 e. The third kappa shape index (κ3) is 3.15. The first-order chi connectivity index (χ1) is 10.8. The van der Waals surface area contributed by atoms with E-state index in [-0.39, 0.29) is 29.3 Å². The Bertz CT molecular complexity index is 600. The summed E-state index contributed by atoms with van der Waals surface area (Å²) in [6.07, 6.45) is -2.98. The van der Waals surface area contributed by atoms with Crippen molar-refractivity contribution in [2.45, 2.75) is 38.0 Å². The number of piperidine rings is 1. The van der Waals surface area contributed by atoms with Gasteiger partial charge in [0.1, 0.15) is 0 Å². The number of hydrogen-bond donors (Lipinski definition) is 0. The van der Waals surface area contributed by atoms with Crippen molar-refractivity contribution in [1.82, 2.24) is 4.90 Å². The lowest BCUT2D eigenvalue weighted by Gasteiger charge is -2.46. The van der Waals surface area contributed by atoms with Crippen LogP contribution in [-0.4, -0.2) is 43.0 Å². The van der Waals surface area contributed by atoms with E-state index >= 15 is 0 Å². The molecule has 2 bridgehead atoms. The number of rotatable bonds is 2. The number of Topliss-reactive ketones (excluding diaryl/α,β-unsaturated/α-hetero) is 1. The third-order valence-corrected chi connectivity index (χ3v) is 5.07. The fraction of sp³-hybridized carbons (Fsp3) is 0.588. The molecule has 0 radical (unpaired) electrons. The van der Waals surface area contributed by atoms with Gasteiger partial charge in [0.05, 0.1) is 18.8 Å². The molecular formula is C17H20F3NO2. The Morgan fingerprint density at radius 1 is 1.22 bits per heavy atom. The second-order valence-corrected chi connectivity index (χ2v) is 6.57. The molecule has 1 aromatic carbocycles. The highest BCUT2D eigenvalue weighted by Crippen LogP contribution is 2.35. The summed E-state index contributed by atoms with van der Waals surface area (Å²) in [5.41, 5.74) is -0.202. The van der Waals surface area contributed by atoms with E-state index in [0.717, 1.165) is 6.07 Å². The Labute approximate surface area is 133 Å². The molecule has 2 aliphatic rings. The molecule has 0 saturated carbocycles. The first-order valence-electron chi connectivity index (χ1n) is 7.79. The standard InChI is InChI=1S/C17H20F3NO2/c1-10-5-11(3-4-15(10)17(18,19)20)16(22)12-6-13-8-23-9-14(7-12)21(13)2/h3-5,12-14H,6-9H2,1-2H3. The molecule has 2 heterocycles. The van der Waals surface area contributed by atoms with E-state index in [1.807, 2.05) is 7.05 Å². The van der Waals surface area contributed by atoms with Crippen LogP contribution in [0.25, 0.3) is 0 Å². The second-order valence-electron chi connectivity index (χ2n) is 6.57. The quantitative estimate of drug-likeness (QED) is 0.781. The number of ketones is 1. The average Bonchev–Trinajstić information content (AvgIpc) is 2.44. The zero-order valence-corrected chi connectivity index (χ0v) is 13.2. The number of fused-ring (bicyclic) bond motifs is 2. The van der Waals surface area contributed by atoms with E-state index in [4.69, 9.17) is 4.74 Å². The van der Waals surface area contributed by atoms with Crippen molar-refractivity contribution < 1.29 is 22.7 Å². The maximum absolute atomic E-state index is 12.8. The fourth-order valence-corrected chi connectivity index (χ4v) is 3.68. The number of aryl methyl sites for hydroxylation is 1. The van der Waals surface area contributed by atoms with E-state index in [1.165, 1.54) is 19.1 Å². The molecule has 2 fully saturated rings. The lowest BCUT2D eigenvalue weighted by atomic mass is 9.80. The SMILES string of the molecule is Cc1cc(C(=O)C2CC3COCC(C2)N3C)ccc1C(F)(F)F. The number of benzene rings is 1. The van der Waals surface area contributed by atoms with E-state index in [0.29, 0.717) is 31.6 Å². The summed E-state index contributed by atoms with van der Waals surface area (Å²) in [6, 6.07) is 4.12. The van der Waals surface area contributed by atoms with Crippen molar-refractivity contribution in [3.05, 3.63) is 34.9 Å². The van der Waals surface area contributed by atoms with Crippen LogP contribution in [0.1, 0.15) is 34.3 Å². The largest absolute Gasteiger partial charge is 0.416 e. The van der Waals surface area contributed by atoms with Gasteiger partial charge in [-0.3, -0.25) is 9.69 Å². The number of hydrogen-bond acceptors (Lipinski definition) is 3. The fourth-order valence-electron chi connectivity index (χ4n) is 3.68. The van der Waals surface area contributed by atoms with Gasteiger partial charge < -0.3 is 4.74 Å². The van der Waals surface area contributed by atoms with Crippen LogP contribution in [0.3, 0.4) is 0 Å². The van der Waals surface area contributed by atoms with Gasteiger partial charge in [0.15, 0.2) is 5.78 Å². The Hall–Kier alpha value is -1.40. The van der Waals surface area contributed by atoms with Gasteiger partial charge in [-0.1, -0.05) is 6.07 Å². The van der Waals surface area contributed by atoms with Crippen molar-refractivity contribution >= 4 is 5.78 Å². The molecule has 0 spiro atoms. The number of carbonyl (C=O) groups is 1. The topological polar surface area (TPSA) is 29.5 Å². The molecule has 23 heavy (non-hydrogen) atoms.